The first-order chi connectivity index (χ1) is 9.03. The molecule has 8 heteroatoms. The summed E-state index contributed by atoms with van der Waals surface area (Å²) in [6.07, 6.45) is 3.53. The summed E-state index contributed by atoms with van der Waals surface area (Å²) >= 11 is 5.77. The lowest BCUT2D eigenvalue weighted by Crippen LogP contribution is -2.38. The van der Waals surface area contributed by atoms with Crippen LogP contribution in [0.2, 0.25) is 5.28 Å². The van der Waals surface area contributed by atoms with Gasteiger partial charge in [-0.1, -0.05) is 12.8 Å². The van der Waals surface area contributed by atoms with Crippen LogP contribution in [0.1, 0.15) is 32.1 Å². The van der Waals surface area contributed by atoms with Crippen molar-refractivity contribution < 1.29 is 14.6 Å². The molecule has 19 heavy (non-hydrogen) atoms. The van der Waals surface area contributed by atoms with Gasteiger partial charge in [-0.15, -0.1) is 0 Å². The van der Waals surface area contributed by atoms with E-state index in [9.17, 15) is 4.79 Å². The summed E-state index contributed by atoms with van der Waals surface area (Å²) in [5.74, 6) is -0.596. The van der Waals surface area contributed by atoms with Crippen molar-refractivity contribution in [3.63, 3.8) is 0 Å². The highest BCUT2D eigenvalue weighted by atomic mass is 35.5. The molecule has 0 saturated heterocycles. The zero-order valence-corrected chi connectivity index (χ0v) is 11.3. The molecule has 1 saturated carbocycles. The number of halogens is 1. The van der Waals surface area contributed by atoms with Crippen LogP contribution < -0.4 is 10.1 Å². The Kier molecular flexibility index (Phi) is 4.04. The van der Waals surface area contributed by atoms with Gasteiger partial charge in [-0.25, -0.2) is 0 Å². The van der Waals surface area contributed by atoms with Crippen LogP contribution in [-0.4, -0.2) is 38.7 Å². The molecule has 0 aliphatic heterocycles. The lowest BCUT2D eigenvalue weighted by Gasteiger charge is -2.28. The molecule has 1 aromatic rings. The molecule has 0 radical (unpaired) electrons. The SMILES string of the molecule is COc1nc(Cl)nc(NC2(CC(=O)O)CCCC2)n1. The van der Waals surface area contributed by atoms with Gasteiger partial charge in [0.25, 0.3) is 0 Å². The van der Waals surface area contributed by atoms with Gasteiger partial charge in [0.1, 0.15) is 0 Å². The standard InChI is InChI=1S/C11H15ClN4O3/c1-19-10-14-8(12)13-9(15-10)16-11(6-7(17)18)4-2-3-5-11/h2-6H2,1H3,(H,17,18)(H,13,14,15,16). The van der Waals surface area contributed by atoms with Crippen molar-refractivity contribution in [2.24, 2.45) is 0 Å². The van der Waals surface area contributed by atoms with Gasteiger partial charge in [-0.05, 0) is 24.4 Å². The second kappa shape index (κ2) is 5.56. The number of ether oxygens (including phenoxy) is 1. The minimum absolute atomic E-state index is 0.0119. The fourth-order valence-corrected chi connectivity index (χ4v) is 2.56. The normalized spacial score (nSPS) is 17.2. The van der Waals surface area contributed by atoms with Crippen LogP contribution in [-0.2, 0) is 4.79 Å². The predicted molar refractivity (Wildman–Crippen MR) is 68.5 cm³/mol. The Bertz CT molecular complexity index is 477. The number of rotatable bonds is 5. The van der Waals surface area contributed by atoms with Crippen LogP contribution in [0.5, 0.6) is 6.01 Å². The van der Waals surface area contributed by atoms with E-state index in [4.69, 9.17) is 21.4 Å². The second-order valence-electron chi connectivity index (χ2n) is 4.60. The molecule has 0 unspecified atom stereocenters. The smallest absolute Gasteiger partial charge is 0.322 e. The molecule has 0 aromatic carbocycles. The van der Waals surface area contributed by atoms with Crippen LogP contribution in [0.4, 0.5) is 5.95 Å². The Balaban J connectivity index is 2.21. The van der Waals surface area contributed by atoms with E-state index in [0.717, 1.165) is 25.7 Å². The Hall–Kier alpha value is -1.63. The number of hydrogen-bond donors (Lipinski definition) is 2. The van der Waals surface area contributed by atoms with E-state index in [1.165, 1.54) is 7.11 Å². The van der Waals surface area contributed by atoms with E-state index >= 15 is 0 Å². The Labute approximate surface area is 115 Å². The molecule has 104 valence electrons. The molecule has 1 fully saturated rings. The monoisotopic (exact) mass is 286 g/mol. The summed E-state index contributed by atoms with van der Waals surface area (Å²) in [6.45, 7) is 0. The highest BCUT2D eigenvalue weighted by Crippen LogP contribution is 2.35. The maximum absolute atomic E-state index is 11.0. The molecular formula is C11H15ClN4O3. The maximum atomic E-state index is 11.0. The summed E-state index contributed by atoms with van der Waals surface area (Å²) in [6, 6.07) is 0.103. The van der Waals surface area contributed by atoms with Crippen molar-refractivity contribution >= 4 is 23.5 Å². The van der Waals surface area contributed by atoms with Gasteiger partial charge in [0.15, 0.2) is 0 Å². The van der Waals surface area contributed by atoms with E-state index < -0.39 is 11.5 Å². The largest absolute Gasteiger partial charge is 0.481 e. The predicted octanol–water partition coefficient (Wildman–Crippen LogP) is 1.73. The van der Waals surface area contributed by atoms with Crippen LogP contribution in [0.15, 0.2) is 0 Å². The Morgan fingerprint density at radius 2 is 2.11 bits per heavy atom. The lowest BCUT2D eigenvalue weighted by molar-refractivity contribution is -0.138. The Morgan fingerprint density at radius 3 is 2.68 bits per heavy atom. The number of carboxylic acid groups (broad SMARTS) is 1. The molecule has 1 aliphatic carbocycles. The second-order valence-corrected chi connectivity index (χ2v) is 4.94. The number of hydrogen-bond acceptors (Lipinski definition) is 6. The van der Waals surface area contributed by atoms with Gasteiger partial charge in [-0.3, -0.25) is 4.79 Å². The van der Waals surface area contributed by atoms with Crippen molar-refractivity contribution in [3.8, 4) is 6.01 Å². The molecule has 0 bridgehead atoms. The molecular weight excluding hydrogens is 272 g/mol. The number of anilines is 1. The van der Waals surface area contributed by atoms with Gasteiger partial charge < -0.3 is 15.2 Å². The lowest BCUT2D eigenvalue weighted by atomic mass is 9.93. The van der Waals surface area contributed by atoms with Gasteiger partial charge in [0.05, 0.1) is 19.1 Å². The minimum atomic E-state index is -0.846. The summed E-state index contributed by atoms with van der Waals surface area (Å²) in [5.41, 5.74) is -0.512. The number of nitrogens with one attached hydrogen (secondary N) is 1. The third kappa shape index (κ3) is 3.44. The van der Waals surface area contributed by atoms with E-state index in [-0.39, 0.29) is 23.7 Å². The number of aliphatic carboxylic acids is 1. The molecule has 0 spiro atoms. The highest BCUT2D eigenvalue weighted by Gasteiger charge is 2.36. The van der Waals surface area contributed by atoms with Crippen LogP contribution in [0.25, 0.3) is 0 Å². The number of carboxylic acids is 1. The fraction of sp³-hybridized carbons (Fsp3) is 0.636. The zero-order chi connectivity index (χ0) is 13.9. The van der Waals surface area contributed by atoms with E-state index in [0.29, 0.717) is 0 Å². The summed E-state index contributed by atoms with van der Waals surface area (Å²) in [7, 11) is 1.43. The van der Waals surface area contributed by atoms with Crippen LogP contribution >= 0.6 is 11.6 Å². The molecule has 7 nitrogen and oxygen atoms in total. The molecule has 1 aliphatic rings. The van der Waals surface area contributed by atoms with Crippen molar-refractivity contribution in [1.82, 2.24) is 15.0 Å². The van der Waals surface area contributed by atoms with Gasteiger partial charge >= 0.3 is 12.0 Å². The van der Waals surface area contributed by atoms with E-state index in [2.05, 4.69) is 20.3 Å². The van der Waals surface area contributed by atoms with Crippen molar-refractivity contribution in [1.29, 1.82) is 0 Å². The topological polar surface area (TPSA) is 97.2 Å². The van der Waals surface area contributed by atoms with Crippen LogP contribution in [0.3, 0.4) is 0 Å². The van der Waals surface area contributed by atoms with Gasteiger partial charge in [-0.2, -0.15) is 15.0 Å². The van der Waals surface area contributed by atoms with Crippen LogP contribution in [0, 0.1) is 0 Å². The third-order valence-electron chi connectivity index (χ3n) is 3.20. The number of aromatic nitrogens is 3. The minimum Gasteiger partial charge on any atom is -0.481 e. The molecule has 0 atom stereocenters. The fourth-order valence-electron chi connectivity index (χ4n) is 2.40. The first-order valence-corrected chi connectivity index (χ1v) is 6.36. The first kappa shape index (κ1) is 13.8. The van der Waals surface area contributed by atoms with Gasteiger partial charge in [0.2, 0.25) is 11.2 Å². The van der Waals surface area contributed by atoms with E-state index in [1.807, 2.05) is 0 Å². The highest BCUT2D eigenvalue weighted by molar-refractivity contribution is 6.28. The summed E-state index contributed by atoms with van der Waals surface area (Å²) in [4.78, 5) is 22.8. The first-order valence-electron chi connectivity index (χ1n) is 5.98. The van der Waals surface area contributed by atoms with Crippen molar-refractivity contribution in [2.45, 2.75) is 37.6 Å². The van der Waals surface area contributed by atoms with Crippen molar-refractivity contribution in [2.75, 3.05) is 12.4 Å². The average Bonchev–Trinajstić information content (AvgIpc) is 2.75. The molecule has 2 rings (SSSR count). The van der Waals surface area contributed by atoms with Crippen molar-refractivity contribution in [3.05, 3.63) is 5.28 Å². The molecule has 2 N–H and O–H groups in total. The quantitative estimate of drug-likeness (QED) is 0.850. The molecule has 0 amide bonds. The van der Waals surface area contributed by atoms with E-state index in [1.54, 1.807) is 0 Å². The summed E-state index contributed by atoms with van der Waals surface area (Å²) < 4.78 is 4.91. The number of nitrogens with zero attached hydrogens (tertiary/aromatic N) is 3. The maximum Gasteiger partial charge on any atom is 0.322 e. The number of carbonyl (C=O) groups is 1. The molecule has 1 aromatic heterocycles. The Morgan fingerprint density at radius 1 is 1.42 bits per heavy atom. The average molecular weight is 287 g/mol. The third-order valence-corrected chi connectivity index (χ3v) is 3.37. The molecule has 1 heterocycles. The zero-order valence-electron chi connectivity index (χ0n) is 10.5. The summed E-state index contributed by atoms with van der Waals surface area (Å²) in [5, 5.41) is 12.1. The van der Waals surface area contributed by atoms with Gasteiger partial charge in [0, 0.05) is 0 Å². The number of methoxy groups -OCH3 is 1.